The topological polar surface area (TPSA) is 89.0 Å². The van der Waals surface area contributed by atoms with E-state index in [9.17, 15) is 0 Å². The highest BCUT2D eigenvalue weighted by molar-refractivity contribution is 5.00. The molecule has 0 amide bonds. The first-order valence-corrected chi connectivity index (χ1v) is 9.23. The molecule has 3 heterocycles. The summed E-state index contributed by atoms with van der Waals surface area (Å²) in [5, 5.41) is 20.4. The van der Waals surface area contributed by atoms with Crippen LogP contribution in [0.15, 0.2) is 4.42 Å². The zero-order chi connectivity index (χ0) is 17.2. The summed E-state index contributed by atoms with van der Waals surface area (Å²) in [4.78, 5) is 4.74. The number of likely N-dealkylation sites (tertiary alicyclic amines) is 1. The minimum Gasteiger partial charge on any atom is -0.424 e. The fraction of sp³-hybridized carbons (Fsp3) is 0.812. The van der Waals surface area contributed by atoms with Crippen molar-refractivity contribution in [3.63, 3.8) is 0 Å². The van der Waals surface area contributed by atoms with Gasteiger partial charge < -0.3 is 4.42 Å². The van der Waals surface area contributed by atoms with Gasteiger partial charge in [-0.2, -0.15) is 0 Å². The van der Waals surface area contributed by atoms with Crippen molar-refractivity contribution in [3.05, 3.63) is 17.6 Å². The Balaban J connectivity index is 1.29. The first kappa shape index (κ1) is 16.6. The van der Waals surface area contributed by atoms with Gasteiger partial charge in [0.15, 0.2) is 5.82 Å². The maximum atomic E-state index is 5.79. The molecule has 0 N–H and O–H groups in total. The summed E-state index contributed by atoms with van der Waals surface area (Å²) in [6.07, 6.45) is 4.55. The summed E-state index contributed by atoms with van der Waals surface area (Å²) in [5.74, 6) is 3.02. The minimum atomic E-state index is 0.492. The van der Waals surface area contributed by atoms with Gasteiger partial charge in [-0.15, -0.1) is 15.3 Å². The molecule has 1 atom stereocenters. The van der Waals surface area contributed by atoms with E-state index in [0.29, 0.717) is 18.5 Å². The molecule has 0 spiro atoms. The molecule has 9 heteroatoms. The molecule has 2 aromatic rings. The van der Waals surface area contributed by atoms with E-state index in [1.807, 2.05) is 4.68 Å². The molecular formula is C16H26N8O. The molecule has 1 aliphatic heterocycles. The molecule has 1 aliphatic carbocycles. The van der Waals surface area contributed by atoms with E-state index in [1.54, 1.807) is 0 Å². The lowest BCUT2D eigenvalue weighted by molar-refractivity contribution is 0.202. The molecule has 2 aromatic heterocycles. The fourth-order valence-corrected chi connectivity index (χ4v) is 3.41. The first-order valence-electron chi connectivity index (χ1n) is 9.23. The van der Waals surface area contributed by atoms with E-state index >= 15 is 0 Å². The van der Waals surface area contributed by atoms with Crippen LogP contribution >= 0.6 is 0 Å². The van der Waals surface area contributed by atoms with Gasteiger partial charge in [0.05, 0.1) is 13.1 Å². The Kier molecular flexibility index (Phi) is 4.76. The van der Waals surface area contributed by atoms with E-state index in [4.69, 9.17) is 4.42 Å². The van der Waals surface area contributed by atoms with Crippen LogP contribution in [0, 0.1) is 0 Å². The second-order valence-electron chi connectivity index (χ2n) is 7.22. The highest BCUT2D eigenvalue weighted by Crippen LogP contribution is 2.39. The molecular weight excluding hydrogens is 320 g/mol. The van der Waals surface area contributed by atoms with Crippen LogP contribution in [-0.2, 0) is 19.6 Å². The summed E-state index contributed by atoms with van der Waals surface area (Å²) in [6, 6.07) is 0.492. The lowest BCUT2D eigenvalue weighted by Crippen LogP contribution is -2.34. The Morgan fingerprint density at radius 3 is 2.88 bits per heavy atom. The van der Waals surface area contributed by atoms with Crippen molar-refractivity contribution < 1.29 is 4.42 Å². The number of aryl methyl sites for hydroxylation is 1. The van der Waals surface area contributed by atoms with Crippen molar-refractivity contribution in [1.29, 1.82) is 0 Å². The van der Waals surface area contributed by atoms with Gasteiger partial charge in [-0.3, -0.25) is 9.80 Å². The van der Waals surface area contributed by atoms with Crippen molar-refractivity contribution in [1.82, 2.24) is 40.2 Å². The predicted molar refractivity (Wildman–Crippen MR) is 89.5 cm³/mol. The van der Waals surface area contributed by atoms with Crippen molar-refractivity contribution in [2.75, 3.05) is 20.1 Å². The monoisotopic (exact) mass is 346 g/mol. The molecule has 136 valence electrons. The molecule has 2 fully saturated rings. The zero-order valence-electron chi connectivity index (χ0n) is 15.0. The van der Waals surface area contributed by atoms with E-state index in [0.717, 1.165) is 56.6 Å². The van der Waals surface area contributed by atoms with Crippen LogP contribution in [0.2, 0.25) is 0 Å². The summed E-state index contributed by atoms with van der Waals surface area (Å²) in [5.41, 5.74) is 0. The third-order valence-corrected chi connectivity index (χ3v) is 5.07. The van der Waals surface area contributed by atoms with E-state index < -0.39 is 0 Å². The third kappa shape index (κ3) is 3.87. The predicted octanol–water partition coefficient (Wildman–Crippen LogP) is 1.05. The molecule has 9 nitrogen and oxygen atoms in total. The van der Waals surface area contributed by atoms with Crippen molar-refractivity contribution in [3.8, 4) is 0 Å². The van der Waals surface area contributed by atoms with Crippen LogP contribution < -0.4 is 0 Å². The Hall–Kier alpha value is -1.87. The van der Waals surface area contributed by atoms with Gasteiger partial charge in [0, 0.05) is 31.6 Å². The SMILES string of the molecule is CCCn1nnnc1CN1CC[C@H](N(C)Cc2nnc(C3CC3)o2)C1. The molecule has 0 unspecified atom stereocenters. The zero-order valence-corrected chi connectivity index (χ0v) is 15.0. The third-order valence-electron chi connectivity index (χ3n) is 5.07. The highest BCUT2D eigenvalue weighted by Gasteiger charge is 2.31. The number of likely N-dealkylation sites (N-methyl/N-ethyl adjacent to an activating group) is 1. The van der Waals surface area contributed by atoms with Crippen molar-refractivity contribution >= 4 is 0 Å². The van der Waals surface area contributed by atoms with Crippen molar-refractivity contribution in [2.24, 2.45) is 0 Å². The van der Waals surface area contributed by atoms with Crippen LogP contribution in [0.4, 0.5) is 0 Å². The largest absolute Gasteiger partial charge is 0.424 e. The number of tetrazole rings is 1. The van der Waals surface area contributed by atoms with E-state index in [-0.39, 0.29) is 0 Å². The van der Waals surface area contributed by atoms with Gasteiger partial charge in [0.25, 0.3) is 0 Å². The summed E-state index contributed by atoms with van der Waals surface area (Å²) in [7, 11) is 2.14. The molecule has 4 rings (SSSR count). The first-order chi connectivity index (χ1) is 12.2. The van der Waals surface area contributed by atoms with Gasteiger partial charge in [0.2, 0.25) is 11.8 Å². The van der Waals surface area contributed by atoms with Crippen LogP contribution in [0.1, 0.15) is 56.1 Å². The minimum absolute atomic E-state index is 0.492. The van der Waals surface area contributed by atoms with Gasteiger partial charge >= 0.3 is 0 Å². The number of aromatic nitrogens is 6. The molecule has 1 saturated carbocycles. The van der Waals surface area contributed by atoms with Gasteiger partial charge in [-0.25, -0.2) is 4.68 Å². The summed E-state index contributed by atoms with van der Waals surface area (Å²) in [6.45, 7) is 6.61. The Bertz CT molecular complexity index is 694. The maximum Gasteiger partial charge on any atom is 0.230 e. The van der Waals surface area contributed by atoms with Gasteiger partial charge in [-0.05, 0) is 43.2 Å². The van der Waals surface area contributed by atoms with Gasteiger partial charge in [0.1, 0.15) is 0 Å². The molecule has 2 aliphatic rings. The van der Waals surface area contributed by atoms with Crippen molar-refractivity contribution in [2.45, 2.75) is 64.2 Å². The highest BCUT2D eigenvalue weighted by atomic mass is 16.4. The van der Waals surface area contributed by atoms with Gasteiger partial charge in [-0.1, -0.05) is 6.92 Å². The summed E-state index contributed by atoms with van der Waals surface area (Å²) < 4.78 is 7.70. The van der Waals surface area contributed by atoms with E-state index in [1.165, 1.54) is 12.8 Å². The molecule has 0 bridgehead atoms. The maximum absolute atomic E-state index is 5.79. The standard InChI is InChI=1S/C16H26N8O/c1-3-7-24-14(17-20-21-24)10-23-8-6-13(9-23)22(2)11-15-18-19-16(25-15)12-4-5-12/h12-13H,3-11H2,1-2H3/t13-/m0/s1. The molecule has 1 saturated heterocycles. The number of nitrogens with zero attached hydrogens (tertiary/aromatic N) is 8. The number of rotatable bonds is 8. The Morgan fingerprint density at radius 2 is 2.08 bits per heavy atom. The second kappa shape index (κ2) is 7.17. The van der Waals surface area contributed by atoms with Crippen LogP contribution in [0.25, 0.3) is 0 Å². The van der Waals surface area contributed by atoms with E-state index in [2.05, 4.69) is 49.5 Å². The van der Waals surface area contributed by atoms with Crippen LogP contribution in [-0.4, -0.2) is 66.4 Å². The van der Waals surface area contributed by atoms with Crippen LogP contribution in [0.5, 0.6) is 0 Å². The Morgan fingerprint density at radius 1 is 1.20 bits per heavy atom. The fourth-order valence-electron chi connectivity index (χ4n) is 3.41. The Labute approximate surface area is 147 Å². The molecule has 0 radical (unpaired) electrons. The number of hydrogen-bond acceptors (Lipinski definition) is 8. The normalized spacial score (nSPS) is 21.5. The smallest absolute Gasteiger partial charge is 0.230 e. The quantitative estimate of drug-likeness (QED) is 0.701. The molecule has 0 aromatic carbocycles. The number of hydrogen-bond donors (Lipinski definition) is 0. The average Bonchev–Trinajstić information content (AvgIpc) is 2.99. The lowest BCUT2D eigenvalue weighted by Gasteiger charge is -2.23. The van der Waals surface area contributed by atoms with Crippen LogP contribution in [0.3, 0.4) is 0 Å². The lowest BCUT2D eigenvalue weighted by atomic mass is 10.2. The molecule has 25 heavy (non-hydrogen) atoms. The summed E-state index contributed by atoms with van der Waals surface area (Å²) >= 11 is 0. The second-order valence-corrected chi connectivity index (χ2v) is 7.22. The average molecular weight is 346 g/mol.